The van der Waals surface area contributed by atoms with Gasteiger partial charge < -0.3 is 14.5 Å². The van der Waals surface area contributed by atoms with Gasteiger partial charge in [-0.2, -0.15) is 4.31 Å². The predicted molar refractivity (Wildman–Crippen MR) is 100 cm³/mol. The summed E-state index contributed by atoms with van der Waals surface area (Å²) in [4.78, 5) is 12.5. The van der Waals surface area contributed by atoms with Gasteiger partial charge in [0, 0.05) is 13.1 Å². The molecular formula is C18H21ClN2O5S. The van der Waals surface area contributed by atoms with Gasteiger partial charge in [0.1, 0.15) is 11.5 Å². The first-order valence-corrected chi connectivity index (χ1v) is 10.4. The number of sulfonamides is 1. The number of nitrogens with zero attached hydrogens (tertiary/aromatic N) is 1. The maximum absolute atomic E-state index is 12.9. The van der Waals surface area contributed by atoms with Gasteiger partial charge in [0.15, 0.2) is 0 Å². The van der Waals surface area contributed by atoms with Gasteiger partial charge in [0.2, 0.25) is 15.9 Å². The van der Waals surface area contributed by atoms with Crippen molar-refractivity contribution in [2.45, 2.75) is 24.3 Å². The van der Waals surface area contributed by atoms with E-state index in [1.54, 1.807) is 12.1 Å². The Kier molecular flexibility index (Phi) is 6.08. The summed E-state index contributed by atoms with van der Waals surface area (Å²) in [5.74, 6) is 0.470. The first kappa shape index (κ1) is 19.7. The number of hydrogen-bond donors (Lipinski definition) is 1. The molecule has 27 heavy (non-hydrogen) atoms. The molecule has 146 valence electrons. The zero-order chi connectivity index (χ0) is 19.4. The second kappa shape index (κ2) is 8.33. The molecule has 1 saturated heterocycles. The number of halogens is 1. The molecule has 1 aliphatic rings. The van der Waals surface area contributed by atoms with E-state index in [1.165, 1.54) is 35.9 Å². The molecule has 3 rings (SSSR count). The van der Waals surface area contributed by atoms with Gasteiger partial charge in [-0.1, -0.05) is 11.6 Å². The van der Waals surface area contributed by atoms with Crippen LogP contribution in [-0.4, -0.2) is 38.8 Å². The van der Waals surface area contributed by atoms with Gasteiger partial charge in [-0.15, -0.1) is 0 Å². The minimum absolute atomic E-state index is 0.0879. The fourth-order valence-corrected chi connectivity index (χ4v) is 4.94. The Balaban J connectivity index is 1.69. The summed E-state index contributed by atoms with van der Waals surface area (Å²) in [5.41, 5.74) is 0. The lowest BCUT2D eigenvalue weighted by Gasteiger charge is -2.31. The molecule has 0 unspecified atom stereocenters. The van der Waals surface area contributed by atoms with Gasteiger partial charge in [-0.25, -0.2) is 8.42 Å². The molecule has 0 aliphatic carbocycles. The molecule has 1 N–H and O–H groups in total. The van der Waals surface area contributed by atoms with E-state index in [4.69, 9.17) is 20.8 Å². The van der Waals surface area contributed by atoms with E-state index in [0.717, 1.165) is 0 Å². The largest absolute Gasteiger partial charge is 0.495 e. The molecule has 1 aromatic carbocycles. The SMILES string of the molecule is COc1ccc(S(=O)(=O)N2CCC[C@H](C(=O)NCc3ccco3)C2)cc1Cl. The molecule has 1 fully saturated rings. The highest BCUT2D eigenvalue weighted by molar-refractivity contribution is 7.89. The van der Waals surface area contributed by atoms with E-state index in [9.17, 15) is 13.2 Å². The normalized spacial score (nSPS) is 18.2. The van der Waals surface area contributed by atoms with Gasteiger partial charge in [0.25, 0.3) is 0 Å². The van der Waals surface area contributed by atoms with Crippen LogP contribution in [0.4, 0.5) is 0 Å². The zero-order valence-electron chi connectivity index (χ0n) is 14.9. The van der Waals surface area contributed by atoms with Crippen LogP contribution in [0.25, 0.3) is 0 Å². The van der Waals surface area contributed by atoms with Crippen LogP contribution >= 0.6 is 11.6 Å². The third kappa shape index (κ3) is 4.45. The van der Waals surface area contributed by atoms with Gasteiger partial charge in [-0.3, -0.25) is 4.79 Å². The summed E-state index contributed by atoms with van der Waals surface area (Å²) >= 11 is 6.06. The number of ether oxygens (including phenoxy) is 1. The highest BCUT2D eigenvalue weighted by Crippen LogP contribution is 2.30. The summed E-state index contributed by atoms with van der Waals surface area (Å²) < 4.78 is 37.5. The maximum Gasteiger partial charge on any atom is 0.243 e. The smallest absolute Gasteiger partial charge is 0.243 e. The summed E-state index contributed by atoms with van der Waals surface area (Å²) in [7, 11) is -2.28. The van der Waals surface area contributed by atoms with Crippen LogP contribution in [0.5, 0.6) is 5.75 Å². The van der Waals surface area contributed by atoms with E-state index in [-0.39, 0.29) is 28.9 Å². The number of carbonyl (C=O) groups excluding carboxylic acids is 1. The monoisotopic (exact) mass is 412 g/mol. The van der Waals surface area contributed by atoms with Crippen LogP contribution in [0.2, 0.25) is 5.02 Å². The third-order valence-corrected chi connectivity index (χ3v) is 6.69. The van der Waals surface area contributed by atoms with Gasteiger partial charge >= 0.3 is 0 Å². The summed E-state index contributed by atoms with van der Waals surface area (Å²) in [6.45, 7) is 0.785. The second-order valence-corrected chi connectivity index (χ2v) is 8.64. The molecule has 2 heterocycles. The standard InChI is InChI=1S/C18H21ClN2O5S/c1-25-17-7-6-15(10-16(17)19)27(23,24)21-8-2-4-13(12-21)18(22)20-11-14-5-3-9-26-14/h3,5-7,9-10,13H,2,4,8,11-12H2,1H3,(H,20,22)/t13-/m0/s1. The van der Waals surface area contributed by atoms with Crippen LogP contribution in [0, 0.1) is 5.92 Å². The van der Waals surface area contributed by atoms with Gasteiger partial charge in [0.05, 0.1) is 35.8 Å². The molecule has 9 heteroatoms. The molecule has 0 saturated carbocycles. The average Bonchev–Trinajstić information content (AvgIpc) is 3.19. The lowest BCUT2D eigenvalue weighted by atomic mass is 9.99. The lowest BCUT2D eigenvalue weighted by Crippen LogP contribution is -2.45. The summed E-state index contributed by atoms with van der Waals surface area (Å²) in [6, 6.07) is 7.87. The number of carbonyl (C=O) groups is 1. The molecule has 1 atom stereocenters. The quantitative estimate of drug-likeness (QED) is 0.787. The Bertz CT molecular complexity index is 898. The first-order valence-electron chi connectivity index (χ1n) is 8.55. The van der Waals surface area contributed by atoms with Crippen molar-refractivity contribution in [3.8, 4) is 5.75 Å². The number of benzene rings is 1. The van der Waals surface area contributed by atoms with Crippen molar-refractivity contribution >= 4 is 27.5 Å². The average molecular weight is 413 g/mol. The highest BCUT2D eigenvalue weighted by atomic mass is 35.5. The Hall–Kier alpha value is -2.03. The Labute approximate surface area is 163 Å². The molecule has 0 bridgehead atoms. The van der Waals surface area contributed by atoms with E-state index >= 15 is 0 Å². The van der Waals surface area contributed by atoms with Crippen LogP contribution in [-0.2, 0) is 21.4 Å². The number of piperidine rings is 1. The molecular weight excluding hydrogens is 392 g/mol. The fraction of sp³-hybridized carbons (Fsp3) is 0.389. The second-order valence-electron chi connectivity index (χ2n) is 6.30. The highest BCUT2D eigenvalue weighted by Gasteiger charge is 2.33. The van der Waals surface area contributed by atoms with Crippen molar-refractivity contribution in [2.24, 2.45) is 5.92 Å². The van der Waals surface area contributed by atoms with E-state index in [0.29, 0.717) is 30.9 Å². The maximum atomic E-state index is 12.9. The number of nitrogens with one attached hydrogen (secondary N) is 1. The van der Waals surface area contributed by atoms with Crippen molar-refractivity contribution in [2.75, 3.05) is 20.2 Å². The van der Waals surface area contributed by atoms with Crippen LogP contribution in [0.1, 0.15) is 18.6 Å². The number of furan rings is 1. The third-order valence-electron chi connectivity index (χ3n) is 4.53. The Morgan fingerprint density at radius 2 is 2.22 bits per heavy atom. The van der Waals surface area contributed by atoms with Crippen molar-refractivity contribution < 1.29 is 22.4 Å². The van der Waals surface area contributed by atoms with E-state index < -0.39 is 15.9 Å². The Morgan fingerprint density at radius 1 is 1.41 bits per heavy atom. The zero-order valence-corrected chi connectivity index (χ0v) is 16.4. The van der Waals surface area contributed by atoms with Crippen molar-refractivity contribution in [1.82, 2.24) is 9.62 Å². The molecule has 0 radical (unpaired) electrons. The topological polar surface area (TPSA) is 88.9 Å². The van der Waals surface area contributed by atoms with Crippen LogP contribution < -0.4 is 10.1 Å². The fourth-order valence-electron chi connectivity index (χ4n) is 3.06. The summed E-state index contributed by atoms with van der Waals surface area (Å²) in [6.07, 6.45) is 2.79. The van der Waals surface area contributed by atoms with E-state index in [2.05, 4.69) is 5.32 Å². The van der Waals surface area contributed by atoms with Crippen molar-refractivity contribution in [3.63, 3.8) is 0 Å². The lowest BCUT2D eigenvalue weighted by molar-refractivity contribution is -0.126. The number of methoxy groups -OCH3 is 1. The predicted octanol–water partition coefficient (Wildman–Crippen LogP) is 2.66. The number of rotatable bonds is 6. The van der Waals surface area contributed by atoms with E-state index in [1.807, 2.05) is 0 Å². The molecule has 1 aromatic heterocycles. The molecule has 0 spiro atoms. The molecule has 1 aliphatic heterocycles. The van der Waals surface area contributed by atoms with Gasteiger partial charge in [-0.05, 0) is 43.2 Å². The molecule has 7 nitrogen and oxygen atoms in total. The van der Waals surface area contributed by atoms with Crippen molar-refractivity contribution in [3.05, 3.63) is 47.4 Å². The summed E-state index contributed by atoms with van der Waals surface area (Å²) in [5, 5.41) is 3.02. The van der Waals surface area contributed by atoms with Crippen LogP contribution in [0.15, 0.2) is 45.9 Å². The minimum Gasteiger partial charge on any atom is -0.495 e. The molecule has 1 amide bonds. The molecule has 2 aromatic rings. The Morgan fingerprint density at radius 3 is 2.89 bits per heavy atom. The minimum atomic E-state index is -3.74. The number of amides is 1. The number of hydrogen-bond acceptors (Lipinski definition) is 5. The van der Waals surface area contributed by atoms with Crippen molar-refractivity contribution in [1.29, 1.82) is 0 Å². The first-order chi connectivity index (χ1) is 12.9. The van der Waals surface area contributed by atoms with Crippen LogP contribution in [0.3, 0.4) is 0 Å².